The number of nitrogens with zero attached hydrogens (tertiary/aromatic N) is 1. The van der Waals surface area contributed by atoms with E-state index >= 15 is 0 Å². The zero-order valence-electron chi connectivity index (χ0n) is 20.1. The number of fused-ring (bicyclic) bond motifs is 1. The first-order valence-electron chi connectivity index (χ1n) is 11.1. The summed E-state index contributed by atoms with van der Waals surface area (Å²) in [7, 11) is -2.71. The average Bonchev–Trinajstić information content (AvgIpc) is 3.31. The van der Waals surface area contributed by atoms with Gasteiger partial charge in [-0.25, -0.2) is 8.42 Å². The van der Waals surface area contributed by atoms with E-state index in [-0.39, 0.29) is 24.0 Å². The van der Waals surface area contributed by atoms with Crippen LogP contribution in [0, 0.1) is 20.8 Å². The highest BCUT2D eigenvalue weighted by atomic mass is 32.2. The van der Waals surface area contributed by atoms with E-state index in [1.54, 1.807) is 49.4 Å². The molecule has 0 saturated carbocycles. The van der Waals surface area contributed by atoms with Crippen LogP contribution in [0.3, 0.4) is 0 Å². The van der Waals surface area contributed by atoms with Crippen LogP contribution < -0.4 is 23.8 Å². The molecular weight excluding hydrogens is 468 g/mol. The van der Waals surface area contributed by atoms with Crippen LogP contribution in [0.4, 0.5) is 5.69 Å². The number of methoxy groups -OCH3 is 1. The van der Waals surface area contributed by atoms with E-state index in [2.05, 4.69) is 5.32 Å². The van der Waals surface area contributed by atoms with Crippen molar-refractivity contribution in [2.75, 3.05) is 24.8 Å². The number of amides is 1. The molecule has 1 amide bonds. The summed E-state index contributed by atoms with van der Waals surface area (Å²) in [4.78, 5) is 13.0. The molecule has 9 heteroatoms. The van der Waals surface area contributed by atoms with Crippen molar-refractivity contribution in [2.24, 2.45) is 0 Å². The number of hydrogen-bond donors (Lipinski definition) is 1. The first-order valence-corrected chi connectivity index (χ1v) is 12.5. The maximum absolute atomic E-state index is 13.8. The molecule has 4 rings (SSSR count). The maximum Gasteiger partial charge on any atom is 0.268 e. The third kappa shape index (κ3) is 5.19. The van der Waals surface area contributed by atoms with Gasteiger partial charge in [0.25, 0.3) is 10.0 Å². The predicted octanol–water partition coefficient (Wildman–Crippen LogP) is 3.86. The molecule has 0 aliphatic carbocycles. The number of benzene rings is 3. The lowest BCUT2D eigenvalue weighted by Gasteiger charge is -2.26. The van der Waals surface area contributed by atoms with Crippen LogP contribution in [0.1, 0.15) is 22.3 Å². The van der Waals surface area contributed by atoms with Crippen molar-refractivity contribution in [1.29, 1.82) is 0 Å². The van der Waals surface area contributed by atoms with E-state index < -0.39 is 22.5 Å². The first-order chi connectivity index (χ1) is 16.7. The van der Waals surface area contributed by atoms with E-state index in [4.69, 9.17) is 14.2 Å². The van der Waals surface area contributed by atoms with Crippen molar-refractivity contribution in [3.8, 4) is 17.2 Å². The Labute approximate surface area is 205 Å². The lowest BCUT2D eigenvalue weighted by molar-refractivity contribution is -0.119. The molecule has 0 unspecified atom stereocenters. The van der Waals surface area contributed by atoms with E-state index in [0.717, 1.165) is 26.6 Å². The average molecular weight is 497 g/mol. The number of anilines is 1. The summed E-state index contributed by atoms with van der Waals surface area (Å²) in [6, 6.07) is 15.6. The largest absolute Gasteiger partial charge is 0.495 e. The van der Waals surface area contributed by atoms with Gasteiger partial charge < -0.3 is 19.5 Å². The van der Waals surface area contributed by atoms with Gasteiger partial charge in [0.1, 0.15) is 17.2 Å². The highest BCUT2D eigenvalue weighted by molar-refractivity contribution is 7.93. The van der Waals surface area contributed by atoms with Crippen LogP contribution in [0.25, 0.3) is 0 Å². The molecule has 1 aliphatic heterocycles. The normalized spacial score (nSPS) is 12.3. The summed E-state index contributed by atoms with van der Waals surface area (Å²) >= 11 is 0. The molecule has 1 heterocycles. The van der Waals surface area contributed by atoms with Crippen molar-refractivity contribution in [3.63, 3.8) is 0 Å². The number of hydrogen-bond acceptors (Lipinski definition) is 6. The summed E-state index contributed by atoms with van der Waals surface area (Å²) in [5.41, 5.74) is 3.90. The van der Waals surface area contributed by atoms with Gasteiger partial charge in [-0.1, -0.05) is 18.2 Å². The van der Waals surface area contributed by atoms with Gasteiger partial charge in [-0.05, 0) is 79.4 Å². The molecule has 0 atom stereocenters. The molecule has 1 N–H and O–H groups in total. The molecule has 0 spiro atoms. The molecule has 1 aliphatic rings. The fourth-order valence-corrected chi connectivity index (χ4v) is 5.39. The van der Waals surface area contributed by atoms with Crippen LogP contribution in [0.15, 0.2) is 59.5 Å². The topological polar surface area (TPSA) is 94.2 Å². The SMILES string of the molecule is COc1ccc(C)cc1S(=O)(=O)N(CC(=O)NCc1ccc2c(c1)OCO2)c1ccc(C)c(C)c1. The van der Waals surface area contributed by atoms with Crippen LogP contribution >= 0.6 is 0 Å². The Kier molecular flexibility index (Phi) is 6.88. The minimum Gasteiger partial charge on any atom is -0.495 e. The number of nitrogens with one attached hydrogen (secondary N) is 1. The summed E-state index contributed by atoms with van der Waals surface area (Å²) in [6.45, 7) is 5.62. The van der Waals surface area contributed by atoms with Crippen LogP contribution in [0.2, 0.25) is 0 Å². The third-order valence-electron chi connectivity index (χ3n) is 5.88. The third-order valence-corrected chi connectivity index (χ3v) is 7.67. The highest BCUT2D eigenvalue weighted by Crippen LogP contribution is 2.33. The molecule has 0 saturated heterocycles. The zero-order valence-corrected chi connectivity index (χ0v) is 20.9. The minimum absolute atomic E-state index is 0.00167. The summed E-state index contributed by atoms with van der Waals surface area (Å²) < 4.78 is 44.8. The molecule has 0 fully saturated rings. The van der Waals surface area contributed by atoms with Crippen molar-refractivity contribution < 1.29 is 27.4 Å². The van der Waals surface area contributed by atoms with Crippen LogP contribution in [0.5, 0.6) is 17.2 Å². The molecule has 35 heavy (non-hydrogen) atoms. The standard InChI is InChI=1S/C26H28N2O6S/c1-17-5-9-23(32-4)25(11-17)35(30,31)28(21-8-6-18(2)19(3)12-21)15-26(29)27-14-20-7-10-22-24(13-20)34-16-33-22/h5-13H,14-16H2,1-4H3,(H,27,29). The summed E-state index contributed by atoms with van der Waals surface area (Å²) in [5.74, 6) is 1.03. The molecule has 3 aromatic carbocycles. The van der Waals surface area contributed by atoms with E-state index in [1.807, 2.05) is 26.0 Å². The number of rotatable bonds is 8. The number of sulfonamides is 1. The molecule has 0 bridgehead atoms. The number of aryl methyl sites for hydroxylation is 3. The highest BCUT2D eigenvalue weighted by Gasteiger charge is 2.30. The number of ether oxygens (including phenoxy) is 3. The molecule has 184 valence electrons. The van der Waals surface area contributed by atoms with Gasteiger partial charge >= 0.3 is 0 Å². The van der Waals surface area contributed by atoms with Gasteiger partial charge in [-0.3, -0.25) is 9.10 Å². The lowest BCUT2D eigenvalue weighted by atomic mass is 10.1. The van der Waals surface area contributed by atoms with Crippen molar-refractivity contribution in [1.82, 2.24) is 5.32 Å². The Balaban J connectivity index is 1.62. The second-order valence-electron chi connectivity index (χ2n) is 8.40. The Hall–Kier alpha value is -3.72. The fourth-order valence-electron chi connectivity index (χ4n) is 3.74. The number of carbonyl (C=O) groups excluding carboxylic acids is 1. The van der Waals surface area contributed by atoms with Gasteiger partial charge in [0.15, 0.2) is 11.5 Å². The Morgan fingerprint density at radius 3 is 2.49 bits per heavy atom. The van der Waals surface area contributed by atoms with Gasteiger partial charge in [0.2, 0.25) is 12.7 Å². The fraction of sp³-hybridized carbons (Fsp3) is 0.269. The summed E-state index contributed by atoms with van der Waals surface area (Å²) in [6.07, 6.45) is 0. The maximum atomic E-state index is 13.8. The molecule has 0 aromatic heterocycles. The van der Waals surface area contributed by atoms with Gasteiger partial charge in [-0.2, -0.15) is 0 Å². The van der Waals surface area contributed by atoms with Crippen molar-refractivity contribution >= 4 is 21.6 Å². The van der Waals surface area contributed by atoms with Crippen molar-refractivity contribution in [2.45, 2.75) is 32.2 Å². The van der Waals surface area contributed by atoms with Crippen molar-refractivity contribution in [3.05, 3.63) is 76.9 Å². The van der Waals surface area contributed by atoms with Gasteiger partial charge in [0.05, 0.1) is 12.8 Å². The molecule has 3 aromatic rings. The second-order valence-corrected chi connectivity index (χ2v) is 10.2. The zero-order chi connectivity index (χ0) is 25.2. The van der Waals surface area contributed by atoms with Crippen LogP contribution in [-0.4, -0.2) is 34.8 Å². The second kappa shape index (κ2) is 9.87. The van der Waals surface area contributed by atoms with E-state index in [0.29, 0.717) is 17.2 Å². The Morgan fingerprint density at radius 1 is 0.971 bits per heavy atom. The van der Waals surface area contributed by atoms with Gasteiger partial charge in [-0.15, -0.1) is 0 Å². The van der Waals surface area contributed by atoms with E-state index in [1.165, 1.54) is 7.11 Å². The molecule has 0 radical (unpaired) electrons. The summed E-state index contributed by atoms with van der Waals surface area (Å²) in [5, 5.41) is 2.81. The quantitative estimate of drug-likeness (QED) is 0.509. The predicted molar refractivity (Wildman–Crippen MR) is 133 cm³/mol. The monoisotopic (exact) mass is 496 g/mol. The molecule has 8 nitrogen and oxygen atoms in total. The molecular formula is C26H28N2O6S. The lowest BCUT2D eigenvalue weighted by Crippen LogP contribution is -2.40. The first kappa shape index (κ1) is 24.4. The Morgan fingerprint density at radius 2 is 1.74 bits per heavy atom. The van der Waals surface area contributed by atoms with Crippen LogP contribution in [-0.2, 0) is 21.4 Å². The van der Waals surface area contributed by atoms with E-state index in [9.17, 15) is 13.2 Å². The Bertz CT molecular complexity index is 1370. The smallest absolute Gasteiger partial charge is 0.268 e. The number of carbonyl (C=O) groups is 1. The van der Waals surface area contributed by atoms with Gasteiger partial charge in [0, 0.05) is 6.54 Å². The minimum atomic E-state index is -4.12.